The van der Waals surface area contributed by atoms with Crippen molar-refractivity contribution < 1.29 is 27.4 Å². The highest BCUT2D eigenvalue weighted by Crippen LogP contribution is 2.32. The van der Waals surface area contributed by atoms with E-state index in [0.29, 0.717) is 49.1 Å². The van der Waals surface area contributed by atoms with E-state index in [-0.39, 0.29) is 5.91 Å². The van der Waals surface area contributed by atoms with Crippen LogP contribution >= 0.6 is 0 Å². The smallest absolute Gasteiger partial charge is 0.416 e. The van der Waals surface area contributed by atoms with Crippen molar-refractivity contribution in [3.63, 3.8) is 0 Å². The Bertz CT molecular complexity index is 912. The Balaban J connectivity index is 1.61. The number of nitrogens with one attached hydrogen (secondary N) is 1. The summed E-state index contributed by atoms with van der Waals surface area (Å²) in [6.45, 7) is 3.98. The number of carbonyl (C=O) groups excluding carboxylic acids is 1. The lowest BCUT2D eigenvalue weighted by molar-refractivity contribution is -0.137. The Hall–Kier alpha value is -2.94. The summed E-state index contributed by atoms with van der Waals surface area (Å²) in [5, 5.41) is 2.88. The van der Waals surface area contributed by atoms with E-state index < -0.39 is 17.8 Å². The molecule has 1 aliphatic heterocycles. The molecule has 1 saturated heterocycles. The number of alkyl halides is 3. The van der Waals surface area contributed by atoms with Crippen molar-refractivity contribution >= 4 is 17.3 Å². The zero-order chi connectivity index (χ0) is 22.6. The predicted octanol–water partition coefficient (Wildman–Crippen LogP) is 3.87. The van der Waals surface area contributed by atoms with Gasteiger partial charge in [-0.2, -0.15) is 13.2 Å². The zero-order valence-electron chi connectivity index (χ0n) is 17.7. The molecule has 2 aromatic rings. The molecule has 0 spiro atoms. The first kappa shape index (κ1) is 22.7. The average Bonchev–Trinajstić information content (AvgIpc) is 2.78. The lowest BCUT2D eigenvalue weighted by Crippen LogP contribution is -2.52. The van der Waals surface area contributed by atoms with Gasteiger partial charge in [0.1, 0.15) is 11.5 Å². The second kappa shape index (κ2) is 9.47. The van der Waals surface area contributed by atoms with Gasteiger partial charge >= 0.3 is 6.18 Å². The van der Waals surface area contributed by atoms with Crippen LogP contribution in [0.2, 0.25) is 0 Å². The summed E-state index contributed by atoms with van der Waals surface area (Å²) in [4.78, 5) is 16.7. The van der Waals surface area contributed by atoms with Crippen molar-refractivity contribution in [3.05, 3.63) is 48.0 Å². The molecule has 1 N–H and O–H groups in total. The van der Waals surface area contributed by atoms with Crippen molar-refractivity contribution in [2.75, 3.05) is 50.6 Å². The van der Waals surface area contributed by atoms with Crippen LogP contribution in [-0.4, -0.2) is 57.2 Å². The predicted molar refractivity (Wildman–Crippen MR) is 113 cm³/mol. The minimum Gasteiger partial charge on any atom is -0.497 e. The van der Waals surface area contributed by atoms with Gasteiger partial charge in [0.15, 0.2) is 0 Å². The molecule has 168 valence electrons. The van der Waals surface area contributed by atoms with Gasteiger partial charge in [-0.25, -0.2) is 0 Å². The maximum Gasteiger partial charge on any atom is 0.416 e. The maximum absolute atomic E-state index is 13.0. The number of nitrogens with zero attached hydrogens (tertiary/aromatic N) is 2. The van der Waals surface area contributed by atoms with Crippen LogP contribution in [-0.2, 0) is 11.0 Å². The van der Waals surface area contributed by atoms with E-state index in [1.54, 1.807) is 31.4 Å². The van der Waals surface area contributed by atoms with Crippen LogP contribution in [0.15, 0.2) is 42.5 Å². The van der Waals surface area contributed by atoms with Crippen molar-refractivity contribution in [3.8, 4) is 11.5 Å². The van der Waals surface area contributed by atoms with Crippen molar-refractivity contribution in [1.82, 2.24) is 4.90 Å². The number of amides is 1. The third kappa shape index (κ3) is 5.41. The lowest BCUT2D eigenvalue weighted by Gasteiger charge is -2.38. The second-order valence-electron chi connectivity index (χ2n) is 7.30. The minimum absolute atomic E-state index is 0.195. The van der Waals surface area contributed by atoms with E-state index in [9.17, 15) is 18.0 Å². The normalized spacial score (nSPS) is 16.0. The molecule has 1 atom stereocenters. The molecule has 0 radical (unpaired) electrons. The van der Waals surface area contributed by atoms with Crippen LogP contribution in [0.4, 0.5) is 24.5 Å². The number of piperazine rings is 1. The summed E-state index contributed by atoms with van der Waals surface area (Å²) in [6.07, 6.45) is -4.37. The van der Waals surface area contributed by atoms with Gasteiger partial charge in [0.2, 0.25) is 5.91 Å². The fourth-order valence-corrected chi connectivity index (χ4v) is 3.56. The molecule has 31 heavy (non-hydrogen) atoms. The van der Waals surface area contributed by atoms with Crippen LogP contribution in [0.3, 0.4) is 0 Å². The molecular weight excluding hydrogens is 411 g/mol. The summed E-state index contributed by atoms with van der Waals surface area (Å²) in [5.41, 5.74) is 0.390. The highest BCUT2D eigenvalue weighted by Gasteiger charge is 2.31. The average molecular weight is 437 g/mol. The maximum atomic E-state index is 13.0. The number of hydrogen-bond donors (Lipinski definition) is 1. The highest BCUT2D eigenvalue weighted by atomic mass is 19.4. The number of anilines is 2. The number of rotatable bonds is 6. The SMILES string of the molecule is COc1ccc(OC)c(NC(=O)[C@H](C)N2CCN(c3cccc(C(F)(F)F)c3)CC2)c1. The van der Waals surface area contributed by atoms with E-state index in [0.717, 1.165) is 6.07 Å². The fraction of sp³-hybridized carbons (Fsp3) is 0.409. The molecule has 1 amide bonds. The molecule has 2 aromatic carbocycles. The van der Waals surface area contributed by atoms with Gasteiger partial charge in [0, 0.05) is 37.9 Å². The topological polar surface area (TPSA) is 54.0 Å². The van der Waals surface area contributed by atoms with Crippen LogP contribution in [0.25, 0.3) is 0 Å². The molecule has 0 saturated carbocycles. The van der Waals surface area contributed by atoms with Gasteiger partial charge in [-0.05, 0) is 37.3 Å². The lowest BCUT2D eigenvalue weighted by atomic mass is 10.1. The molecule has 9 heteroatoms. The first-order valence-corrected chi connectivity index (χ1v) is 9.92. The zero-order valence-corrected chi connectivity index (χ0v) is 17.7. The van der Waals surface area contributed by atoms with Crippen LogP contribution in [0.1, 0.15) is 12.5 Å². The number of ether oxygens (including phenoxy) is 2. The Kier molecular flexibility index (Phi) is 6.94. The van der Waals surface area contributed by atoms with Crippen LogP contribution in [0.5, 0.6) is 11.5 Å². The third-order valence-corrected chi connectivity index (χ3v) is 5.44. The quantitative estimate of drug-likeness (QED) is 0.744. The number of carbonyl (C=O) groups is 1. The van der Waals surface area contributed by atoms with Gasteiger partial charge in [-0.15, -0.1) is 0 Å². The Morgan fingerprint density at radius 2 is 1.74 bits per heavy atom. The van der Waals surface area contributed by atoms with E-state index in [1.807, 2.05) is 16.7 Å². The third-order valence-electron chi connectivity index (χ3n) is 5.44. The fourth-order valence-electron chi connectivity index (χ4n) is 3.56. The molecule has 0 aliphatic carbocycles. The number of methoxy groups -OCH3 is 2. The van der Waals surface area contributed by atoms with E-state index in [1.165, 1.54) is 19.2 Å². The largest absolute Gasteiger partial charge is 0.497 e. The van der Waals surface area contributed by atoms with Gasteiger partial charge in [0.25, 0.3) is 0 Å². The van der Waals surface area contributed by atoms with Crippen molar-refractivity contribution in [2.24, 2.45) is 0 Å². The monoisotopic (exact) mass is 437 g/mol. The van der Waals surface area contributed by atoms with Gasteiger partial charge < -0.3 is 19.7 Å². The van der Waals surface area contributed by atoms with Crippen LogP contribution in [0, 0.1) is 0 Å². The standard InChI is InChI=1S/C22H26F3N3O3/c1-15(21(29)26-19-14-18(30-2)7-8-20(19)31-3)27-9-11-28(12-10-27)17-6-4-5-16(13-17)22(23,24)25/h4-8,13-15H,9-12H2,1-3H3,(H,26,29)/t15-/m0/s1. The minimum atomic E-state index is -4.37. The summed E-state index contributed by atoms with van der Waals surface area (Å²) in [5.74, 6) is 0.924. The van der Waals surface area contributed by atoms with Crippen LogP contribution < -0.4 is 19.7 Å². The molecular formula is C22H26F3N3O3. The van der Waals surface area contributed by atoms with E-state index in [4.69, 9.17) is 9.47 Å². The molecule has 3 rings (SSSR count). The Morgan fingerprint density at radius 3 is 2.35 bits per heavy atom. The van der Waals surface area contributed by atoms with E-state index in [2.05, 4.69) is 5.32 Å². The van der Waals surface area contributed by atoms with Gasteiger partial charge in [-0.3, -0.25) is 9.69 Å². The molecule has 1 aliphatic rings. The molecule has 1 heterocycles. The summed E-state index contributed by atoms with van der Waals surface area (Å²) in [7, 11) is 3.06. The Labute approximate surface area is 179 Å². The van der Waals surface area contributed by atoms with Gasteiger partial charge in [-0.1, -0.05) is 6.07 Å². The molecule has 0 aromatic heterocycles. The molecule has 0 bridgehead atoms. The molecule has 0 unspecified atom stereocenters. The highest BCUT2D eigenvalue weighted by molar-refractivity contribution is 5.96. The summed E-state index contributed by atoms with van der Waals surface area (Å²) >= 11 is 0. The number of halogens is 3. The molecule has 1 fully saturated rings. The summed E-state index contributed by atoms with van der Waals surface area (Å²) < 4.78 is 49.5. The van der Waals surface area contributed by atoms with Gasteiger partial charge in [0.05, 0.1) is 31.5 Å². The second-order valence-corrected chi connectivity index (χ2v) is 7.30. The summed E-state index contributed by atoms with van der Waals surface area (Å²) in [6, 6.07) is 10.1. The Morgan fingerprint density at radius 1 is 1.03 bits per heavy atom. The number of benzene rings is 2. The first-order chi connectivity index (χ1) is 14.7. The molecule has 6 nitrogen and oxygen atoms in total. The van der Waals surface area contributed by atoms with E-state index >= 15 is 0 Å². The number of hydrogen-bond acceptors (Lipinski definition) is 5. The van der Waals surface area contributed by atoms with Crippen molar-refractivity contribution in [1.29, 1.82) is 0 Å². The first-order valence-electron chi connectivity index (χ1n) is 9.92. The van der Waals surface area contributed by atoms with Crippen molar-refractivity contribution in [2.45, 2.75) is 19.1 Å².